The summed E-state index contributed by atoms with van der Waals surface area (Å²) >= 11 is 3.55. The van der Waals surface area contributed by atoms with Crippen molar-refractivity contribution < 1.29 is 4.74 Å². The van der Waals surface area contributed by atoms with E-state index in [-0.39, 0.29) is 6.04 Å². The number of para-hydroxylation sites is 1. The van der Waals surface area contributed by atoms with Crippen LogP contribution in [0, 0.1) is 6.92 Å². The third kappa shape index (κ3) is 3.61. The minimum atomic E-state index is 0.102. The highest BCUT2D eigenvalue weighted by molar-refractivity contribution is 9.10. The summed E-state index contributed by atoms with van der Waals surface area (Å²) in [6.07, 6.45) is 0.791. The minimum Gasteiger partial charge on any atom is -0.486 e. The van der Waals surface area contributed by atoms with E-state index in [4.69, 9.17) is 10.5 Å². The number of aromatic nitrogens is 2. The quantitative estimate of drug-likeness (QED) is 0.912. The molecule has 0 fully saturated rings. The number of halogens is 1. The van der Waals surface area contributed by atoms with Crippen molar-refractivity contribution in [1.29, 1.82) is 0 Å². The van der Waals surface area contributed by atoms with Crippen LogP contribution < -0.4 is 10.5 Å². The van der Waals surface area contributed by atoms with Crippen LogP contribution in [0.15, 0.2) is 28.7 Å². The van der Waals surface area contributed by atoms with Gasteiger partial charge in [-0.3, -0.25) is 4.68 Å². The summed E-state index contributed by atoms with van der Waals surface area (Å²) in [6, 6.07) is 8.17. The largest absolute Gasteiger partial charge is 0.486 e. The molecule has 0 saturated heterocycles. The van der Waals surface area contributed by atoms with Crippen molar-refractivity contribution in [2.24, 2.45) is 12.8 Å². The van der Waals surface area contributed by atoms with E-state index in [0.717, 1.165) is 33.6 Å². The number of benzene rings is 1. The van der Waals surface area contributed by atoms with Crippen LogP contribution in [0.3, 0.4) is 0 Å². The lowest BCUT2D eigenvalue weighted by Crippen LogP contribution is -2.18. The van der Waals surface area contributed by atoms with Crippen LogP contribution in [0.25, 0.3) is 0 Å². The van der Waals surface area contributed by atoms with Crippen LogP contribution in [0.4, 0.5) is 0 Å². The number of nitrogens with two attached hydrogens (primary N) is 1. The van der Waals surface area contributed by atoms with E-state index in [1.165, 1.54) is 0 Å². The molecule has 2 N–H and O–H groups in total. The Kier molecular flexibility index (Phi) is 4.83. The SMILES string of the molecule is Cc1cc(COc2c(Br)cccc2CC(C)N)n(C)n1. The lowest BCUT2D eigenvalue weighted by atomic mass is 10.1. The first kappa shape index (κ1) is 15.1. The number of aryl methyl sites for hydroxylation is 2. The predicted octanol–water partition coefficient (Wildman–Crippen LogP) is 2.96. The van der Waals surface area contributed by atoms with E-state index in [1.54, 1.807) is 0 Å². The van der Waals surface area contributed by atoms with Gasteiger partial charge in [-0.25, -0.2) is 0 Å². The molecule has 0 amide bonds. The van der Waals surface area contributed by atoms with Crippen LogP contribution in [-0.4, -0.2) is 15.8 Å². The summed E-state index contributed by atoms with van der Waals surface area (Å²) in [5.41, 5.74) is 9.05. The highest BCUT2D eigenvalue weighted by Crippen LogP contribution is 2.30. The Labute approximate surface area is 128 Å². The average molecular weight is 338 g/mol. The van der Waals surface area contributed by atoms with Gasteiger partial charge in [-0.05, 0) is 53.9 Å². The standard InChI is InChI=1S/C15H20BrN3O/c1-10(17)7-12-5-4-6-14(16)15(12)20-9-13-8-11(2)18-19(13)3/h4-6,8,10H,7,9,17H2,1-3H3. The molecular formula is C15H20BrN3O. The molecule has 2 aromatic rings. The Morgan fingerprint density at radius 1 is 1.45 bits per heavy atom. The number of hydrogen-bond donors (Lipinski definition) is 1. The van der Waals surface area contributed by atoms with Gasteiger partial charge in [0.1, 0.15) is 12.4 Å². The number of nitrogens with zero attached hydrogens (tertiary/aromatic N) is 2. The lowest BCUT2D eigenvalue weighted by molar-refractivity contribution is 0.289. The zero-order valence-electron chi connectivity index (χ0n) is 12.1. The van der Waals surface area contributed by atoms with Crippen molar-refractivity contribution >= 4 is 15.9 Å². The predicted molar refractivity (Wildman–Crippen MR) is 83.8 cm³/mol. The smallest absolute Gasteiger partial charge is 0.137 e. The molecule has 4 nitrogen and oxygen atoms in total. The third-order valence-corrected chi connectivity index (χ3v) is 3.68. The number of hydrogen-bond acceptors (Lipinski definition) is 3. The normalized spacial score (nSPS) is 12.4. The summed E-state index contributed by atoms with van der Waals surface area (Å²) < 4.78 is 8.78. The van der Waals surface area contributed by atoms with Gasteiger partial charge in [0.15, 0.2) is 0 Å². The molecule has 108 valence electrons. The number of rotatable bonds is 5. The van der Waals surface area contributed by atoms with Crippen molar-refractivity contribution in [2.75, 3.05) is 0 Å². The van der Waals surface area contributed by atoms with Crippen LogP contribution in [0.2, 0.25) is 0 Å². The first-order valence-electron chi connectivity index (χ1n) is 6.62. The molecule has 0 saturated carbocycles. The molecule has 1 aromatic carbocycles. The van der Waals surface area contributed by atoms with Crippen LogP contribution in [-0.2, 0) is 20.1 Å². The summed E-state index contributed by atoms with van der Waals surface area (Å²) in [5.74, 6) is 0.864. The Hall–Kier alpha value is -1.33. The lowest BCUT2D eigenvalue weighted by Gasteiger charge is -2.14. The van der Waals surface area contributed by atoms with Crippen LogP contribution in [0.1, 0.15) is 23.9 Å². The first-order chi connectivity index (χ1) is 9.47. The fraction of sp³-hybridized carbons (Fsp3) is 0.400. The molecule has 20 heavy (non-hydrogen) atoms. The molecule has 1 atom stereocenters. The maximum atomic E-state index is 5.99. The van der Waals surface area contributed by atoms with Gasteiger partial charge < -0.3 is 10.5 Å². The summed E-state index contributed by atoms with van der Waals surface area (Å²) in [7, 11) is 1.93. The maximum absolute atomic E-state index is 5.99. The minimum absolute atomic E-state index is 0.102. The van der Waals surface area contributed by atoms with Gasteiger partial charge in [0.25, 0.3) is 0 Å². The molecule has 1 unspecified atom stereocenters. The van der Waals surface area contributed by atoms with Gasteiger partial charge in [-0.15, -0.1) is 0 Å². The summed E-state index contributed by atoms with van der Waals surface area (Å²) in [6.45, 7) is 4.46. The van der Waals surface area contributed by atoms with Crippen LogP contribution >= 0.6 is 15.9 Å². The second kappa shape index (κ2) is 6.41. The van der Waals surface area contributed by atoms with Crippen molar-refractivity contribution in [3.8, 4) is 5.75 Å². The average Bonchev–Trinajstić information content (AvgIpc) is 2.66. The van der Waals surface area contributed by atoms with Crippen molar-refractivity contribution in [3.05, 3.63) is 45.7 Å². The third-order valence-electron chi connectivity index (χ3n) is 3.05. The Balaban J connectivity index is 2.18. The Bertz CT molecular complexity index is 593. The van der Waals surface area contributed by atoms with Gasteiger partial charge >= 0.3 is 0 Å². The molecule has 1 aromatic heterocycles. The second-order valence-electron chi connectivity index (χ2n) is 5.10. The molecule has 0 aliphatic heterocycles. The van der Waals surface area contributed by atoms with Gasteiger partial charge in [0.2, 0.25) is 0 Å². The fourth-order valence-electron chi connectivity index (χ4n) is 2.17. The molecule has 0 radical (unpaired) electrons. The van der Waals surface area contributed by atoms with Crippen LogP contribution in [0.5, 0.6) is 5.75 Å². The summed E-state index contributed by atoms with van der Waals surface area (Å²) in [4.78, 5) is 0. The maximum Gasteiger partial charge on any atom is 0.137 e. The van der Waals surface area contributed by atoms with E-state index < -0.39 is 0 Å². The van der Waals surface area contributed by atoms with Gasteiger partial charge in [0, 0.05) is 13.1 Å². The Morgan fingerprint density at radius 2 is 2.20 bits per heavy atom. The molecule has 0 aliphatic carbocycles. The molecule has 0 aliphatic rings. The fourth-order valence-corrected chi connectivity index (χ4v) is 2.69. The molecule has 5 heteroatoms. The van der Waals surface area contributed by atoms with E-state index in [2.05, 4.69) is 27.1 Å². The summed E-state index contributed by atoms with van der Waals surface area (Å²) in [5, 5.41) is 4.32. The van der Waals surface area contributed by atoms with Crippen molar-refractivity contribution in [2.45, 2.75) is 32.9 Å². The monoisotopic (exact) mass is 337 g/mol. The van der Waals surface area contributed by atoms with E-state index in [9.17, 15) is 0 Å². The van der Waals surface area contributed by atoms with E-state index in [0.29, 0.717) is 6.61 Å². The number of ether oxygens (including phenoxy) is 1. The molecule has 0 spiro atoms. The topological polar surface area (TPSA) is 53.1 Å². The van der Waals surface area contributed by atoms with Gasteiger partial charge in [-0.1, -0.05) is 12.1 Å². The Morgan fingerprint density at radius 3 is 2.80 bits per heavy atom. The zero-order valence-corrected chi connectivity index (χ0v) is 13.6. The highest BCUT2D eigenvalue weighted by atomic mass is 79.9. The zero-order chi connectivity index (χ0) is 14.7. The highest BCUT2D eigenvalue weighted by Gasteiger charge is 2.11. The molecule has 2 rings (SSSR count). The molecule has 1 heterocycles. The van der Waals surface area contributed by atoms with E-state index >= 15 is 0 Å². The van der Waals surface area contributed by atoms with Crippen molar-refractivity contribution in [1.82, 2.24) is 9.78 Å². The second-order valence-corrected chi connectivity index (χ2v) is 5.95. The van der Waals surface area contributed by atoms with E-state index in [1.807, 2.05) is 43.8 Å². The molecular weight excluding hydrogens is 318 g/mol. The van der Waals surface area contributed by atoms with Gasteiger partial charge in [0.05, 0.1) is 15.9 Å². The van der Waals surface area contributed by atoms with Crippen molar-refractivity contribution in [3.63, 3.8) is 0 Å². The first-order valence-corrected chi connectivity index (χ1v) is 7.42. The van der Waals surface area contributed by atoms with Gasteiger partial charge in [-0.2, -0.15) is 5.10 Å². The molecule has 0 bridgehead atoms.